The van der Waals surface area contributed by atoms with Crippen molar-refractivity contribution in [3.8, 4) is 0 Å². The van der Waals surface area contributed by atoms with Crippen LogP contribution in [0.15, 0.2) is 78.2 Å². The van der Waals surface area contributed by atoms with Crippen molar-refractivity contribution in [2.75, 3.05) is 13.1 Å². The van der Waals surface area contributed by atoms with Gasteiger partial charge >= 0.3 is 0 Å². The van der Waals surface area contributed by atoms with Crippen LogP contribution in [0.2, 0.25) is 0 Å². The van der Waals surface area contributed by atoms with Gasteiger partial charge in [-0.15, -0.1) is 11.3 Å². The number of amides is 1. The van der Waals surface area contributed by atoms with Gasteiger partial charge < -0.3 is 5.32 Å². The molecule has 1 heterocycles. The monoisotopic (exact) mass is 364 g/mol. The summed E-state index contributed by atoms with van der Waals surface area (Å²) in [7, 11) is 0. The molecule has 0 bridgehead atoms. The lowest BCUT2D eigenvalue weighted by Gasteiger charge is -2.23. The van der Waals surface area contributed by atoms with Crippen LogP contribution in [0.1, 0.15) is 29.0 Å². The summed E-state index contributed by atoms with van der Waals surface area (Å²) in [5, 5.41) is 5.29. The molecule has 4 heteroatoms. The highest BCUT2D eigenvalue weighted by Crippen LogP contribution is 2.21. The Morgan fingerprint density at radius 1 is 0.962 bits per heavy atom. The molecule has 3 aromatic rings. The number of hydrogen-bond acceptors (Lipinski definition) is 3. The number of likely N-dealkylation sites (N-methyl/N-ethyl adjacent to an activating group) is 1. The summed E-state index contributed by atoms with van der Waals surface area (Å²) in [6, 6.07) is 24.3. The van der Waals surface area contributed by atoms with E-state index in [4.69, 9.17) is 0 Å². The van der Waals surface area contributed by atoms with Crippen LogP contribution in [-0.4, -0.2) is 23.9 Å². The molecule has 0 aliphatic rings. The van der Waals surface area contributed by atoms with Crippen molar-refractivity contribution in [1.29, 1.82) is 0 Å². The molecule has 3 rings (SSSR count). The molecule has 0 unspecified atom stereocenters. The maximum atomic E-state index is 12.7. The third kappa shape index (κ3) is 5.04. The van der Waals surface area contributed by atoms with Gasteiger partial charge in [-0.25, -0.2) is 0 Å². The first-order valence-electron chi connectivity index (χ1n) is 8.90. The third-order valence-electron chi connectivity index (χ3n) is 4.35. The molecule has 134 valence electrons. The minimum Gasteiger partial charge on any atom is -0.344 e. The minimum atomic E-state index is -0.134. The van der Waals surface area contributed by atoms with Crippen LogP contribution >= 0.6 is 11.3 Å². The van der Waals surface area contributed by atoms with E-state index >= 15 is 0 Å². The molecule has 0 fully saturated rings. The molecule has 0 saturated heterocycles. The Kier molecular flexibility index (Phi) is 6.58. The van der Waals surface area contributed by atoms with E-state index in [1.54, 1.807) is 11.3 Å². The van der Waals surface area contributed by atoms with Crippen molar-refractivity contribution in [3.05, 3.63) is 94.2 Å². The maximum Gasteiger partial charge on any atom is 0.234 e. The number of nitrogens with one attached hydrogen (secondary N) is 1. The fraction of sp³-hybridized carbons (Fsp3) is 0.227. The Hall–Kier alpha value is -2.43. The maximum absolute atomic E-state index is 12.7. The summed E-state index contributed by atoms with van der Waals surface area (Å²) in [5.41, 5.74) is 2.18. The number of hydrogen-bond donors (Lipinski definition) is 1. The number of nitrogens with zero attached hydrogens (tertiary/aromatic N) is 1. The van der Waals surface area contributed by atoms with Gasteiger partial charge in [-0.3, -0.25) is 9.69 Å². The number of carbonyl (C=O) groups excluding carboxylic acids is 1. The summed E-state index contributed by atoms with van der Waals surface area (Å²) in [4.78, 5) is 16.2. The van der Waals surface area contributed by atoms with Gasteiger partial charge in [0.25, 0.3) is 0 Å². The van der Waals surface area contributed by atoms with Gasteiger partial charge in [0.05, 0.1) is 12.6 Å². The number of carbonyl (C=O) groups is 1. The molecule has 0 saturated carbocycles. The molecule has 0 aliphatic carbocycles. The highest BCUT2D eigenvalue weighted by molar-refractivity contribution is 7.09. The zero-order valence-corrected chi connectivity index (χ0v) is 15.8. The highest BCUT2D eigenvalue weighted by atomic mass is 32.1. The standard InChI is InChI=1S/C22H24N2OS/c1-2-24(16-20-14-9-15-26-20)17-21(25)23-22(18-10-5-3-6-11-18)19-12-7-4-8-13-19/h3-15,22H,2,16-17H2,1H3,(H,23,25). The van der Waals surface area contributed by atoms with E-state index in [0.29, 0.717) is 6.54 Å². The van der Waals surface area contributed by atoms with Gasteiger partial charge in [-0.05, 0) is 29.1 Å². The minimum absolute atomic E-state index is 0.0427. The summed E-state index contributed by atoms with van der Waals surface area (Å²) < 4.78 is 0. The van der Waals surface area contributed by atoms with Crippen LogP contribution in [0.4, 0.5) is 0 Å². The van der Waals surface area contributed by atoms with Gasteiger partial charge in [0, 0.05) is 11.4 Å². The van der Waals surface area contributed by atoms with Gasteiger partial charge in [0.2, 0.25) is 5.91 Å². The lowest BCUT2D eigenvalue weighted by atomic mass is 9.99. The first-order valence-corrected chi connectivity index (χ1v) is 9.78. The van der Waals surface area contributed by atoms with Crippen molar-refractivity contribution in [1.82, 2.24) is 10.2 Å². The van der Waals surface area contributed by atoms with E-state index in [1.165, 1.54) is 4.88 Å². The second-order valence-electron chi connectivity index (χ2n) is 6.20. The van der Waals surface area contributed by atoms with E-state index in [0.717, 1.165) is 24.2 Å². The predicted octanol–water partition coefficient (Wildman–Crippen LogP) is 4.48. The molecule has 0 radical (unpaired) electrons. The predicted molar refractivity (Wildman–Crippen MR) is 108 cm³/mol. The normalized spacial score (nSPS) is 11.0. The summed E-state index contributed by atoms with van der Waals surface area (Å²) in [6.45, 7) is 4.13. The quantitative estimate of drug-likeness (QED) is 0.639. The molecular formula is C22H24N2OS. The lowest BCUT2D eigenvalue weighted by Crippen LogP contribution is -2.38. The topological polar surface area (TPSA) is 32.3 Å². The lowest BCUT2D eigenvalue weighted by molar-refractivity contribution is -0.122. The first kappa shape index (κ1) is 18.4. The van der Waals surface area contributed by atoms with Crippen molar-refractivity contribution in [2.24, 2.45) is 0 Å². The number of rotatable bonds is 8. The van der Waals surface area contributed by atoms with E-state index in [2.05, 4.69) is 58.9 Å². The van der Waals surface area contributed by atoms with Crippen LogP contribution < -0.4 is 5.32 Å². The summed E-state index contributed by atoms with van der Waals surface area (Å²) in [6.07, 6.45) is 0. The summed E-state index contributed by atoms with van der Waals surface area (Å²) >= 11 is 1.73. The Balaban J connectivity index is 1.71. The number of thiophene rings is 1. The smallest absolute Gasteiger partial charge is 0.234 e. The molecule has 3 nitrogen and oxygen atoms in total. The van der Waals surface area contributed by atoms with Crippen molar-refractivity contribution in [3.63, 3.8) is 0 Å². The third-order valence-corrected chi connectivity index (χ3v) is 5.21. The SMILES string of the molecule is CCN(CC(=O)NC(c1ccccc1)c1ccccc1)Cc1cccs1. The fourth-order valence-corrected chi connectivity index (χ4v) is 3.71. The molecule has 1 N–H and O–H groups in total. The van der Waals surface area contributed by atoms with E-state index in [1.807, 2.05) is 36.4 Å². The Labute approximate surface area is 159 Å². The van der Waals surface area contributed by atoms with Crippen molar-refractivity contribution < 1.29 is 4.79 Å². The van der Waals surface area contributed by atoms with Crippen LogP contribution in [0.3, 0.4) is 0 Å². The van der Waals surface area contributed by atoms with Gasteiger partial charge in [0.1, 0.15) is 0 Å². The Morgan fingerprint density at radius 2 is 1.58 bits per heavy atom. The Morgan fingerprint density at radius 3 is 2.08 bits per heavy atom. The summed E-state index contributed by atoms with van der Waals surface area (Å²) in [5.74, 6) is 0.0427. The van der Waals surface area contributed by atoms with E-state index in [9.17, 15) is 4.79 Å². The second kappa shape index (κ2) is 9.32. The molecule has 26 heavy (non-hydrogen) atoms. The molecule has 2 aromatic carbocycles. The molecule has 0 atom stereocenters. The molecule has 1 aromatic heterocycles. The molecule has 1 amide bonds. The van der Waals surface area contributed by atoms with Crippen molar-refractivity contribution in [2.45, 2.75) is 19.5 Å². The van der Waals surface area contributed by atoms with Crippen LogP contribution in [-0.2, 0) is 11.3 Å². The van der Waals surface area contributed by atoms with Crippen molar-refractivity contribution >= 4 is 17.2 Å². The molecular weight excluding hydrogens is 340 g/mol. The average molecular weight is 365 g/mol. The molecule has 0 spiro atoms. The fourth-order valence-electron chi connectivity index (χ4n) is 2.96. The molecule has 0 aliphatic heterocycles. The van der Waals surface area contributed by atoms with Crippen LogP contribution in [0.25, 0.3) is 0 Å². The largest absolute Gasteiger partial charge is 0.344 e. The van der Waals surface area contributed by atoms with Gasteiger partial charge in [0.15, 0.2) is 0 Å². The number of benzene rings is 2. The zero-order chi connectivity index (χ0) is 18.2. The highest BCUT2D eigenvalue weighted by Gasteiger charge is 2.18. The van der Waals surface area contributed by atoms with Gasteiger partial charge in [-0.2, -0.15) is 0 Å². The first-order chi connectivity index (χ1) is 12.8. The average Bonchev–Trinajstić information content (AvgIpc) is 3.20. The van der Waals surface area contributed by atoms with Crippen LogP contribution in [0.5, 0.6) is 0 Å². The van der Waals surface area contributed by atoms with Gasteiger partial charge in [-0.1, -0.05) is 73.7 Å². The second-order valence-corrected chi connectivity index (χ2v) is 7.24. The van der Waals surface area contributed by atoms with Crippen LogP contribution in [0, 0.1) is 0 Å². The van der Waals surface area contributed by atoms with E-state index < -0.39 is 0 Å². The van der Waals surface area contributed by atoms with E-state index in [-0.39, 0.29) is 11.9 Å². The zero-order valence-electron chi connectivity index (χ0n) is 15.0. The Bertz CT molecular complexity index is 748.